The zero-order chi connectivity index (χ0) is 10.6. The van der Waals surface area contributed by atoms with Gasteiger partial charge in [-0.1, -0.05) is 11.6 Å². The predicted octanol–water partition coefficient (Wildman–Crippen LogP) is 2.85. The van der Waals surface area contributed by atoms with Gasteiger partial charge in [0.05, 0.1) is 17.5 Å². The molecule has 0 saturated heterocycles. The van der Waals surface area contributed by atoms with Crippen LogP contribution in [0.15, 0.2) is 16.7 Å². The van der Waals surface area contributed by atoms with Crippen LogP contribution in [0.25, 0.3) is 0 Å². The average Bonchev–Trinajstić information content (AvgIpc) is 2.14. The maximum atomic E-state index is 8.44. The maximum Gasteiger partial charge on any atom is 0.147 e. The third-order valence-corrected chi connectivity index (χ3v) is 2.42. The van der Waals surface area contributed by atoms with Crippen molar-refractivity contribution >= 4 is 33.3 Å². The quantitative estimate of drug-likeness (QED) is 0.851. The lowest BCUT2D eigenvalue weighted by Crippen LogP contribution is -2.19. The van der Waals surface area contributed by atoms with Crippen molar-refractivity contribution in [2.24, 2.45) is 0 Å². The first-order valence-electron chi connectivity index (χ1n) is 4.04. The number of rotatable bonds is 3. The Morgan fingerprint density at radius 1 is 1.71 bits per heavy atom. The first-order valence-corrected chi connectivity index (χ1v) is 5.21. The molecule has 0 radical (unpaired) electrons. The Kier molecular flexibility index (Phi) is 4.18. The molecule has 1 heterocycles. The maximum absolute atomic E-state index is 8.44. The Bertz CT molecular complexity index is 362. The highest BCUT2D eigenvalue weighted by Crippen LogP contribution is 2.25. The van der Waals surface area contributed by atoms with Crippen LogP contribution in [0.5, 0.6) is 0 Å². The molecule has 0 aliphatic rings. The molecule has 74 valence electrons. The van der Waals surface area contributed by atoms with Crippen molar-refractivity contribution in [1.29, 1.82) is 5.26 Å². The molecule has 0 spiro atoms. The number of nitriles is 1. The fraction of sp³-hybridized carbons (Fsp3) is 0.333. The summed E-state index contributed by atoms with van der Waals surface area (Å²) in [6.07, 6.45) is 2.15. The number of nitrogens with zero attached hydrogens (tertiary/aromatic N) is 3. The van der Waals surface area contributed by atoms with E-state index in [4.69, 9.17) is 16.9 Å². The third-order valence-electron chi connectivity index (χ3n) is 1.71. The van der Waals surface area contributed by atoms with Crippen molar-refractivity contribution in [3.63, 3.8) is 0 Å². The zero-order valence-electron chi connectivity index (χ0n) is 7.67. The van der Waals surface area contributed by atoms with E-state index in [1.54, 1.807) is 12.3 Å². The number of hydrogen-bond acceptors (Lipinski definition) is 3. The van der Waals surface area contributed by atoms with Crippen molar-refractivity contribution in [2.45, 2.75) is 6.42 Å². The van der Waals surface area contributed by atoms with Gasteiger partial charge in [-0.3, -0.25) is 0 Å². The number of halogens is 2. The molecule has 0 fully saturated rings. The van der Waals surface area contributed by atoms with E-state index < -0.39 is 0 Å². The van der Waals surface area contributed by atoms with Crippen LogP contribution in [0.4, 0.5) is 5.82 Å². The largest absolute Gasteiger partial charge is 0.357 e. The minimum atomic E-state index is 0.463. The molecule has 0 saturated carbocycles. The Balaban J connectivity index is 2.80. The number of pyridine rings is 1. The molecule has 0 amide bonds. The summed E-state index contributed by atoms with van der Waals surface area (Å²) in [5.74, 6) is 0.699. The SMILES string of the molecule is CN(CCC#N)c1ncc(Br)cc1Cl. The monoisotopic (exact) mass is 273 g/mol. The Morgan fingerprint density at radius 2 is 2.43 bits per heavy atom. The van der Waals surface area contributed by atoms with E-state index in [1.807, 2.05) is 11.9 Å². The molecule has 0 aliphatic carbocycles. The van der Waals surface area contributed by atoms with E-state index in [-0.39, 0.29) is 0 Å². The summed E-state index contributed by atoms with van der Waals surface area (Å²) in [6.45, 7) is 0.630. The van der Waals surface area contributed by atoms with Gasteiger partial charge in [0.2, 0.25) is 0 Å². The van der Waals surface area contributed by atoms with Crippen LogP contribution < -0.4 is 4.90 Å². The summed E-state index contributed by atoms with van der Waals surface area (Å²) in [4.78, 5) is 6.03. The van der Waals surface area contributed by atoms with E-state index in [9.17, 15) is 0 Å². The van der Waals surface area contributed by atoms with Crippen LogP contribution >= 0.6 is 27.5 Å². The van der Waals surface area contributed by atoms with Crippen LogP contribution in [0.2, 0.25) is 5.02 Å². The molecule has 0 N–H and O–H groups in total. The summed E-state index contributed by atoms with van der Waals surface area (Å²) in [5.41, 5.74) is 0. The van der Waals surface area contributed by atoms with Gasteiger partial charge in [-0.25, -0.2) is 4.98 Å². The number of hydrogen-bond donors (Lipinski definition) is 0. The van der Waals surface area contributed by atoms with Crippen molar-refractivity contribution in [3.05, 3.63) is 21.8 Å². The number of aromatic nitrogens is 1. The van der Waals surface area contributed by atoms with Gasteiger partial charge >= 0.3 is 0 Å². The van der Waals surface area contributed by atoms with Gasteiger partial charge in [0.1, 0.15) is 5.82 Å². The highest BCUT2D eigenvalue weighted by molar-refractivity contribution is 9.10. The molecule has 14 heavy (non-hydrogen) atoms. The van der Waals surface area contributed by atoms with E-state index in [0.29, 0.717) is 23.8 Å². The minimum Gasteiger partial charge on any atom is -0.357 e. The van der Waals surface area contributed by atoms with Crippen molar-refractivity contribution in [1.82, 2.24) is 4.98 Å². The summed E-state index contributed by atoms with van der Waals surface area (Å²) in [7, 11) is 1.86. The second kappa shape index (κ2) is 5.18. The first-order chi connectivity index (χ1) is 6.65. The normalized spacial score (nSPS) is 9.57. The van der Waals surface area contributed by atoms with Gasteiger partial charge in [0.15, 0.2) is 0 Å². The molecule has 1 aromatic heterocycles. The molecule has 3 nitrogen and oxygen atoms in total. The molecule has 0 aromatic carbocycles. The summed E-state index contributed by atoms with van der Waals surface area (Å²) in [5, 5.41) is 9.02. The lowest BCUT2D eigenvalue weighted by atomic mass is 10.4. The molecule has 1 rings (SSSR count). The average molecular weight is 275 g/mol. The second-order valence-corrected chi connectivity index (χ2v) is 4.11. The fourth-order valence-corrected chi connectivity index (χ4v) is 1.79. The standard InChI is InChI=1S/C9H9BrClN3/c1-14(4-2-3-12)9-8(11)5-7(10)6-13-9/h5-6H,2,4H2,1H3. The van der Waals surface area contributed by atoms with Crippen LogP contribution in [-0.4, -0.2) is 18.6 Å². The van der Waals surface area contributed by atoms with Crippen LogP contribution in [0.3, 0.4) is 0 Å². The highest BCUT2D eigenvalue weighted by Gasteiger charge is 2.07. The minimum absolute atomic E-state index is 0.463. The molecule has 0 unspecified atom stereocenters. The molecule has 1 aromatic rings. The lowest BCUT2D eigenvalue weighted by Gasteiger charge is -2.17. The van der Waals surface area contributed by atoms with Gasteiger partial charge in [-0.15, -0.1) is 0 Å². The van der Waals surface area contributed by atoms with E-state index in [0.717, 1.165) is 4.47 Å². The summed E-state index contributed by atoms with van der Waals surface area (Å²) < 4.78 is 0.847. The Labute approximate surface area is 96.4 Å². The van der Waals surface area contributed by atoms with Gasteiger partial charge in [-0.2, -0.15) is 5.26 Å². The van der Waals surface area contributed by atoms with Gasteiger partial charge < -0.3 is 4.90 Å². The van der Waals surface area contributed by atoms with E-state index >= 15 is 0 Å². The van der Waals surface area contributed by atoms with Crippen LogP contribution in [-0.2, 0) is 0 Å². The molecular weight excluding hydrogens is 265 g/mol. The molecule has 0 atom stereocenters. The smallest absolute Gasteiger partial charge is 0.147 e. The summed E-state index contributed by atoms with van der Waals surface area (Å²) in [6, 6.07) is 3.86. The van der Waals surface area contributed by atoms with Gasteiger partial charge in [-0.05, 0) is 22.0 Å². The van der Waals surface area contributed by atoms with Gasteiger partial charge in [0.25, 0.3) is 0 Å². The molecule has 5 heteroatoms. The molecule has 0 bridgehead atoms. The second-order valence-electron chi connectivity index (χ2n) is 2.79. The number of anilines is 1. The fourth-order valence-electron chi connectivity index (χ4n) is 1.01. The molecule has 0 aliphatic heterocycles. The highest BCUT2D eigenvalue weighted by atomic mass is 79.9. The van der Waals surface area contributed by atoms with Crippen molar-refractivity contribution in [2.75, 3.05) is 18.5 Å². The Hall–Kier alpha value is -0.790. The van der Waals surface area contributed by atoms with Crippen molar-refractivity contribution < 1.29 is 0 Å². The van der Waals surface area contributed by atoms with E-state index in [2.05, 4.69) is 27.0 Å². The van der Waals surface area contributed by atoms with Crippen LogP contribution in [0.1, 0.15) is 6.42 Å². The molecular formula is C9H9BrClN3. The first kappa shape index (κ1) is 11.3. The zero-order valence-corrected chi connectivity index (χ0v) is 10.0. The van der Waals surface area contributed by atoms with E-state index in [1.165, 1.54) is 0 Å². The topological polar surface area (TPSA) is 39.9 Å². The lowest BCUT2D eigenvalue weighted by molar-refractivity contribution is 0.884. The summed E-state index contributed by atoms with van der Waals surface area (Å²) >= 11 is 9.27. The van der Waals surface area contributed by atoms with Gasteiger partial charge in [0, 0.05) is 24.3 Å². The van der Waals surface area contributed by atoms with Crippen LogP contribution in [0, 0.1) is 11.3 Å². The van der Waals surface area contributed by atoms with Crippen molar-refractivity contribution in [3.8, 4) is 6.07 Å². The Morgan fingerprint density at radius 3 is 3.00 bits per heavy atom. The predicted molar refractivity (Wildman–Crippen MR) is 60.4 cm³/mol. The third kappa shape index (κ3) is 2.86.